The van der Waals surface area contributed by atoms with Gasteiger partial charge in [-0.05, 0) is 55.2 Å². The van der Waals surface area contributed by atoms with Crippen molar-refractivity contribution in [3.63, 3.8) is 0 Å². The Bertz CT molecular complexity index is 1050. The van der Waals surface area contributed by atoms with E-state index in [2.05, 4.69) is 71.8 Å². The van der Waals surface area contributed by atoms with Crippen LogP contribution < -0.4 is 5.32 Å². The molecule has 30 heavy (non-hydrogen) atoms. The maximum atomic E-state index is 12.4. The second-order valence-electron chi connectivity index (χ2n) is 7.83. The molecule has 0 fully saturated rings. The van der Waals surface area contributed by atoms with E-state index in [1.807, 2.05) is 29.1 Å². The third kappa shape index (κ3) is 4.86. The number of carbonyl (C=O) groups is 1. The Morgan fingerprint density at radius 2 is 2.00 bits per heavy atom. The summed E-state index contributed by atoms with van der Waals surface area (Å²) < 4.78 is 1.92. The number of nitrogens with zero attached hydrogens (tertiary/aromatic N) is 3. The molecule has 2 aromatic carbocycles. The number of hydrogen-bond donors (Lipinski definition) is 1. The molecule has 1 aliphatic rings. The standard InChI is InChI=1S/C25H28N4O/c1-3-20-5-4-6-23(15-20)27-25(30)18-28-13-11-21(12-14-28)22-16-26-29(17-22)24-9-7-19(2)8-10-24/h4-11,15-17H,3,12-14,18H2,1-2H3,(H,27,30). The van der Waals surface area contributed by atoms with Crippen LogP contribution in [-0.2, 0) is 11.2 Å². The van der Waals surface area contributed by atoms with E-state index < -0.39 is 0 Å². The smallest absolute Gasteiger partial charge is 0.238 e. The van der Waals surface area contributed by atoms with Crippen LogP contribution in [0.2, 0.25) is 0 Å². The molecule has 2 heterocycles. The average molecular weight is 401 g/mol. The van der Waals surface area contributed by atoms with Gasteiger partial charge in [0, 0.05) is 30.5 Å². The molecule has 0 atom stereocenters. The van der Waals surface area contributed by atoms with Crippen LogP contribution in [0.1, 0.15) is 30.0 Å². The summed E-state index contributed by atoms with van der Waals surface area (Å²) in [6.07, 6.45) is 8.10. The normalized spacial score (nSPS) is 14.4. The minimum Gasteiger partial charge on any atom is -0.325 e. The molecule has 1 aromatic heterocycles. The van der Waals surface area contributed by atoms with E-state index in [9.17, 15) is 4.79 Å². The molecular weight excluding hydrogens is 372 g/mol. The van der Waals surface area contributed by atoms with Gasteiger partial charge in [-0.1, -0.05) is 42.8 Å². The highest BCUT2D eigenvalue weighted by Crippen LogP contribution is 2.23. The van der Waals surface area contributed by atoms with Crippen LogP contribution in [0.25, 0.3) is 11.3 Å². The first-order valence-electron chi connectivity index (χ1n) is 10.5. The lowest BCUT2D eigenvalue weighted by molar-refractivity contribution is -0.117. The Morgan fingerprint density at radius 3 is 2.73 bits per heavy atom. The fraction of sp³-hybridized carbons (Fsp3) is 0.280. The van der Waals surface area contributed by atoms with Crippen LogP contribution in [0, 0.1) is 6.92 Å². The van der Waals surface area contributed by atoms with E-state index in [-0.39, 0.29) is 5.91 Å². The van der Waals surface area contributed by atoms with Crippen LogP contribution in [0.3, 0.4) is 0 Å². The van der Waals surface area contributed by atoms with Crippen molar-refractivity contribution in [3.8, 4) is 5.69 Å². The minimum atomic E-state index is 0.0345. The van der Waals surface area contributed by atoms with Crippen molar-refractivity contribution >= 4 is 17.2 Å². The van der Waals surface area contributed by atoms with Gasteiger partial charge in [0.2, 0.25) is 5.91 Å². The average Bonchev–Trinajstić information content (AvgIpc) is 3.25. The second-order valence-corrected chi connectivity index (χ2v) is 7.83. The van der Waals surface area contributed by atoms with Crippen LogP contribution in [0.15, 0.2) is 67.0 Å². The monoisotopic (exact) mass is 400 g/mol. The number of aromatic nitrogens is 2. The molecule has 0 saturated carbocycles. The van der Waals surface area contributed by atoms with Gasteiger partial charge in [0.15, 0.2) is 0 Å². The molecule has 0 saturated heterocycles. The summed E-state index contributed by atoms with van der Waals surface area (Å²) in [5.41, 5.74) is 6.84. The van der Waals surface area contributed by atoms with Gasteiger partial charge in [0.1, 0.15) is 0 Å². The third-order valence-corrected chi connectivity index (χ3v) is 5.53. The number of rotatable bonds is 6. The Hall–Kier alpha value is -3.18. The van der Waals surface area contributed by atoms with Crippen LogP contribution in [-0.4, -0.2) is 40.2 Å². The van der Waals surface area contributed by atoms with Crippen molar-refractivity contribution in [2.75, 3.05) is 25.0 Å². The van der Waals surface area contributed by atoms with E-state index in [4.69, 9.17) is 0 Å². The maximum absolute atomic E-state index is 12.4. The zero-order valence-electron chi connectivity index (χ0n) is 17.6. The minimum absolute atomic E-state index is 0.0345. The summed E-state index contributed by atoms with van der Waals surface area (Å²) in [5.74, 6) is 0.0345. The number of aryl methyl sites for hydroxylation is 2. The van der Waals surface area contributed by atoms with E-state index in [0.717, 1.165) is 42.9 Å². The summed E-state index contributed by atoms with van der Waals surface area (Å²) >= 11 is 0. The van der Waals surface area contributed by atoms with Gasteiger partial charge >= 0.3 is 0 Å². The summed E-state index contributed by atoms with van der Waals surface area (Å²) in [7, 11) is 0. The van der Waals surface area contributed by atoms with E-state index in [0.29, 0.717) is 6.54 Å². The molecule has 1 N–H and O–H groups in total. The lowest BCUT2D eigenvalue weighted by atomic mass is 10.0. The Kier molecular flexibility index (Phi) is 6.10. The van der Waals surface area contributed by atoms with Crippen LogP contribution >= 0.6 is 0 Å². The number of amides is 1. The van der Waals surface area contributed by atoms with Crippen molar-refractivity contribution in [1.29, 1.82) is 0 Å². The van der Waals surface area contributed by atoms with Gasteiger partial charge in [-0.3, -0.25) is 9.69 Å². The van der Waals surface area contributed by atoms with Crippen LogP contribution in [0.5, 0.6) is 0 Å². The highest BCUT2D eigenvalue weighted by atomic mass is 16.2. The van der Waals surface area contributed by atoms with Crippen molar-refractivity contribution < 1.29 is 4.79 Å². The van der Waals surface area contributed by atoms with Crippen molar-refractivity contribution in [3.05, 3.63) is 83.7 Å². The second kappa shape index (κ2) is 9.09. The first-order chi connectivity index (χ1) is 14.6. The molecular formula is C25H28N4O. The van der Waals surface area contributed by atoms with E-state index >= 15 is 0 Å². The van der Waals surface area contributed by atoms with Crippen molar-refractivity contribution in [2.45, 2.75) is 26.7 Å². The summed E-state index contributed by atoms with van der Waals surface area (Å²) in [6, 6.07) is 16.4. The largest absolute Gasteiger partial charge is 0.325 e. The number of nitrogens with one attached hydrogen (secondary N) is 1. The molecule has 5 nitrogen and oxygen atoms in total. The number of benzene rings is 2. The third-order valence-electron chi connectivity index (χ3n) is 5.53. The van der Waals surface area contributed by atoms with Gasteiger partial charge in [-0.25, -0.2) is 4.68 Å². The highest BCUT2D eigenvalue weighted by Gasteiger charge is 2.17. The first kappa shape index (κ1) is 20.1. The fourth-order valence-electron chi connectivity index (χ4n) is 3.72. The number of anilines is 1. The molecule has 0 aliphatic carbocycles. The zero-order chi connectivity index (χ0) is 20.9. The Morgan fingerprint density at radius 1 is 1.17 bits per heavy atom. The summed E-state index contributed by atoms with van der Waals surface area (Å²) in [4.78, 5) is 14.6. The molecule has 0 bridgehead atoms. The van der Waals surface area contributed by atoms with Gasteiger partial charge < -0.3 is 5.32 Å². The van der Waals surface area contributed by atoms with E-state index in [1.165, 1.54) is 16.7 Å². The summed E-state index contributed by atoms with van der Waals surface area (Å²) in [5, 5.41) is 7.54. The molecule has 1 aliphatic heterocycles. The molecule has 154 valence electrons. The lowest BCUT2D eigenvalue weighted by Gasteiger charge is -2.25. The number of hydrogen-bond acceptors (Lipinski definition) is 3. The molecule has 1 amide bonds. The molecule has 5 heteroatoms. The summed E-state index contributed by atoms with van der Waals surface area (Å²) in [6.45, 7) is 6.24. The number of carbonyl (C=O) groups excluding carboxylic acids is 1. The highest BCUT2D eigenvalue weighted by molar-refractivity contribution is 5.92. The molecule has 0 radical (unpaired) electrons. The van der Waals surface area contributed by atoms with Gasteiger partial charge in [-0.2, -0.15) is 5.10 Å². The van der Waals surface area contributed by atoms with Gasteiger partial charge in [0.05, 0.1) is 18.4 Å². The topological polar surface area (TPSA) is 50.2 Å². The Labute approximate surface area is 178 Å². The predicted molar refractivity (Wildman–Crippen MR) is 122 cm³/mol. The van der Waals surface area contributed by atoms with Crippen LogP contribution in [0.4, 0.5) is 5.69 Å². The van der Waals surface area contributed by atoms with Crippen molar-refractivity contribution in [2.24, 2.45) is 0 Å². The maximum Gasteiger partial charge on any atom is 0.238 e. The fourth-order valence-corrected chi connectivity index (χ4v) is 3.72. The lowest BCUT2D eigenvalue weighted by Crippen LogP contribution is -2.36. The van der Waals surface area contributed by atoms with Crippen molar-refractivity contribution in [1.82, 2.24) is 14.7 Å². The molecule has 3 aromatic rings. The van der Waals surface area contributed by atoms with Gasteiger partial charge in [-0.15, -0.1) is 0 Å². The molecule has 0 unspecified atom stereocenters. The molecule has 0 spiro atoms. The molecule has 4 rings (SSSR count). The zero-order valence-corrected chi connectivity index (χ0v) is 17.6. The Balaban J connectivity index is 1.34. The SMILES string of the molecule is CCc1cccc(NC(=O)CN2CC=C(c3cnn(-c4ccc(C)cc4)c3)CC2)c1. The van der Waals surface area contributed by atoms with E-state index in [1.54, 1.807) is 0 Å². The first-order valence-corrected chi connectivity index (χ1v) is 10.5. The predicted octanol–water partition coefficient (Wildman–Crippen LogP) is 4.47. The van der Waals surface area contributed by atoms with Gasteiger partial charge in [0.25, 0.3) is 0 Å². The quantitative estimate of drug-likeness (QED) is 0.664.